The number of nitrogens with zero attached hydrogens (tertiary/aromatic N) is 3. The standard InChI is InChI=1S/C13H15BrN4/c1-3-16-13-12(14)9(2)17-11(18-13)8-10-4-6-15-7-5-10/h4-7H,3,8H2,1-2H3,(H,16,17,18). The van der Waals surface area contributed by atoms with Crippen LogP contribution >= 0.6 is 15.9 Å². The van der Waals surface area contributed by atoms with E-state index in [4.69, 9.17) is 0 Å². The van der Waals surface area contributed by atoms with Crippen LogP contribution in [0.4, 0.5) is 5.82 Å². The summed E-state index contributed by atoms with van der Waals surface area (Å²) in [6.45, 7) is 4.86. The second-order valence-corrected chi connectivity index (χ2v) is 4.74. The quantitative estimate of drug-likeness (QED) is 0.943. The van der Waals surface area contributed by atoms with E-state index < -0.39 is 0 Å². The van der Waals surface area contributed by atoms with Gasteiger partial charge in [0, 0.05) is 25.4 Å². The van der Waals surface area contributed by atoms with Crippen molar-refractivity contribution in [2.24, 2.45) is 0 Å². The molecular formula is C13H15BrN4. The lowest BCUT2D eigenvalue weighted by atomic mass is 10.2. The molecule has 0 aliphatic carbocycles. The van der Waals surface area contributed by atoms with E-state index in [-0.39, 0.29) is 0 Å². The predicted octanol–water partition coefficient (Wildman–Crippen LogP) is 2.97. The van der Waals surface area contributed by atoms with Gasteiger partial charge < -0.3 is 5.32 Å². The minimum absolute atomic E-state index is 0.717. The van der Waals surface area contributed by atoms with E-state index in [0.717, 1.165) is 40.3 Å². The zero-order valence-corrected chi connectivity index (χ0v) is 12.0. The van der Waals surface area contributed by atoms with Gasteiger partial charge in [0.1, 0.15) is 11.6 Å². The fourth-order valence-corrected chi connectivity index (χ4v) is 1.98. The Balaban J connectivity index is 2.28. The minimum atomic E-state index is 0.717. The van der Waals surface area contributed by atoms with Crippen molar-refractivity contribution in [1.82, 2.24) is 15.0 Å². The summed E-state index contributed by atoms with van der Waals surface area (Å²) in [5.74, 6) is 1.67. The first-order valence-electron chi connectivity index (χ1n) is 5.86. The van der Waals surface area contributed by atoms with Crippen molar-refractivity contribution >= 4 is 21.7 Å². The number of halogens is 1. The van der Waals surface area contributed by atoms with Gasteiger partial charge >= 0.3 is 0 Å². The Kier molecular flexibility index (Phi) is 4.25. The first kappa shape index (κ1) is 13.0. The molecule has 2 heterocycles. The zero-order valence-electron chi connectivity index (χ0n) is 10.4. The number of rotatable bonds is 4. The number of aryl methyl sites for hydroxylation is 1. The van der Waals surface area contributed by atoms with E-state index in [9.17, 15) is 0 Å². The summed E-state index contributed by atoms with van der Waals surface area (Å²) in [4.78, 5) is 13.0. The number of pyridine rings is 1. The summed E-state index contributed by atoms with van der Waals surface area (Å²) in [7, 11) is 0. The predicted molar refractivity (Wildman–Crippen MR) is 75.7 cm³/mol. The average Bonchev–Trinajstić information content (AvgIpc) is 2.37. The molecule has 0 saturated carbocycles. The van der Waals surface area contributed by atoms with Crippen LogP contribution in [-0.4, -0.2) is 21.5 Å². The highest BCUT2D eigenvalue weighted by Crippen LogP contribution is 2.23. The Bertz CT molecular complexity index is 528. The third kappa shape index (κ3) is 3.04. The molecule has 0 spiro atoms. The van der Waals surface area contributed by atoms with Gasteiger partial charge in [0.15, 0.2) is 0 Å². The van der Waals surface area contributed by atoms with E-state index in [1.165, 1.54) is 0 Å². The van der Waals surface area contributed by atoms with Crippen molar-refractivity contribution in [3.05, 3.63) is 46.1 Å². The maximum atomic E-state index is 4.53. The average molecular weight is 307 g/mol. The van der Waals surface area contributed by atoms with Crippen molar-refractivity contribution in [3.63, 3.8) is 0 Å². The fraction of sp³-hybridized carbons (Fsp3) is 0.308. The van der Waals surface area contributed by atoms with Crippen LogP contribution in [-0.2, 0) is 6.42 Å². The van der Waals surface area contributed by atoms with Gasteiger partial charge in [0.2, 0.25) is 0 Å². The lowest BCUT2D eigenvalue weighted by Gasteiger charge is -2.09. The zero-order chi connectivity index (χ0) is 13.0. The number of nitrogens with one attached hydrogen (secondary N) is 1. The molecule has 94 valence electrons. The lowest BCUT2D eigenvalue weighted by Crippen LogP contribution is -2.07. The van der Waals surface area contributed by atoms with Crippen molar-refractivity contribution in [2.75, 3.05) is 11.9 Å². The molecule has 0 unspecified atom stereocenters. The van der Waals surface area contributed by atoms with E-state index >= 15 is 0 Å². The Hall–Kier alpha value is -1.49. The van der Waals surface area contributed by atoms with Crippen molar-refractivity contribution in [1.29, 1.82) is 0 Å². The topological polar surface area (TPSA) is 50.7 Å². The second-order valence-electron chi connectivity index (χ2n) is 3.95. The lowest BCUT2D eigenvalue weighted by molar-refractivity contribution is 0.928. The third-order valence-corrected chi connectivity index (χ3v) is 3.47. The third-order valence-electron chi connectivity index (χ3n) is 2.52. The molecule has 0 aliphatic rings. The molecule has 2 aromatic rings. The highest BCUT2D eigenvalue weighted by Gasteiger charge is 2.09. The molecule has 0 amide bonds. The highest BCUT2D eigenvalue weighted by atomic mass is 79.9. The number of hydrogen-bond acceptors (Lipinski definition) is 4. The monoisotopic (exact) mass is 306 g/mol. The van der Waals surface area contributed by atoms with Crippen molar-refractivity contribution in [3.8, 4) is 0 Å². The number of hydrogen-bond donors (Lipinski definition) is 1. The first-order valence-corrected chi connectivity index (χ1v) is 6.65. The molecule has 2 aromatic heterocycles. The van der Waals surface area contributed by atoms with Gasteiger partial charge in [-0.25, -0.2) is 9.97 Å². The molecule has 0 aromatic carbocycles. The summed E-state index contributed by atoms with van der Waals surface area (Å²) in [5.41, 5.74) is 2.11. The van der Waals surface area contributed by atoms with Crippen LogP contribution in [0.25, 0.3) is 0 Å². The Morgan fingerprint density at radius 2 is 1.94 bits per heavy atom. The van der Waals surface area contributed by atoms with Crippen LogP contribution in [0.2, 0.25) is 0 Å². The molecule has 0 fully saturated rings. The van der Waals surface area contributed by atoms with Gasteiger partial charge in [0.05, 0.1) is 10.2 Å². The van der Waals surface area contributed by atoms with Crippen LogP contribution in [0.15, 0.2) is 29.0 Å². The van der Waals surface area contributed by atoms with Crippen molar-refractivity contribution in [2.45, 2.75) is 20.3 Å². The fourth-order valence-electron chi connectivity index (χ4n) is 1.66. The van der Waals surface area contributed by atoms with Gasteiger partial charge in [-0.05, 0) is 47.5 Å². The minimum Gasteiger partial charge on any atom is -0.369 e. The SMILES string of the molecule is CCNc1nc(Cc2ccncc2)nc(C)c1Br. The van der Waals surface area contributed by atoms with Gasteiger partial charge in [-0.1, -0.05) is 0 Å². The molecule has 0 aliphatic heterocycles. The molecule has 2 rings (SSSR count). The summed E-state index contributed by atoms with van der Waals surface area (Å²) in [6.07, 6.45) is 4.29. The van der Waals surface area contributed by atoms with E-state index in [0.29, 0.717) is 0 Å². The van der Waals surface area contributed by atoms with Gasteiger partial charge in [-0.2, -0.15) is 0 Å². The van der Waals surface area contributed by atoms with Crippen molar-refractivity contribution < 1.29 is 0 Å². The Labute approximate surface area is 115 Å². The van der Waals surface area contributed by atoms with E-state index in [1.807, 2.05) is 26.0 Å². The molecule has 18 heavy (non-hydrogen) atoms. The first-order chi connectivity index (χ1) is 8.70. The van der Waals surface area contributed by atoms with Crippen LogP contribution in [0.5, 0.6) is 0 Å². The second kappa shape index (κ2) is 5.91. The molecule has 0 bridgehead atoms. The molecule has 0 radical (unpaired) electrons. The van der Waals surface area contributed by atoms with E-state index in [2.05, 4.69) is 36.2 Å². The molecule has 4 nitrogen and oxygen atoms in total. The van der Waals surface area contributed by atoms with Crippen LogP contribution in [0.3, 0.4) is 0 Å². The van der Waals surface area contributed by atoms with Crippen LogP contribution in [0, 0.1) is 6.92 Å². The van der Waals surface area contributed by atoms with Gasteiger partial charge in [0.25, 0.3) is 0 Å². The summed E-state index contributed by atoms with van der Waals surface area (Å²) in [5, 5.41) is 3.23. The number of aromatic nitrogens is 3. The summed E-state index contributed by atoms with van der Waals surface area (Å²) in [6, 6.07) is 3.96. The molecule has 1 N–H and O–H groups in total. The highest BCUT2D eigenvalue weighted by molar-refractivity contribution is 9.10. The molecule has 5 heteroatoms. The molecule has 0 atom stereocenters. The summed E-state index contributed by atoms with van der Waals surface area (Å²) < 4.78 is 0.933. The van der Waals surface area contributed by atoms with Gasteiger partial charge in [-0.3, -0.25) is 4.98 Å². The van der Waals surface area contributed by atoms with Crippen LogP contribution in [0.1, 0.15) is 24.0 Å². The Morgan fingerprint density at radius 3 is 2.61 bits per heavy atom. The maximum Gasteiger partial charge on any atom is 0.144 e. The molecule has 0 saturated heterocycles. The normalized spacial score (nSPS) is 10.4. The molecular weight excluding hydrogens is 292 g/mol. The largest absolute Gasteiger partial charge is 0.369 e. The van der Waals surface area contributed by atoms with Crippen LogP contribution < -0.4 is 5.32 Å². The smallest absolute Gasteiger partial charge is 0.144 e. The maximum absolute atomic E-state index is 4.53. The number of anilines is 1. The Morgan fingerprint density at radius 1 is 1.22 bits per heavy atom. The van der Waals surface area contributed by atoms with Gasteiger partial charge in [-0.15, -0.1) is 0 Å². The summed E-state index contributed by atoms with van der Waals surface area (Å²) >= 11 is 3.50. The van der Waals surface area contributed by atoms with E-state index in [1.54, 1.807) is 12.4 Å².